The van der Waals surface area contributed by atoms with Crippen molar-refractivity contribution < 1.29 is 9.13 Å². The number of anilines is 2. The normalized spacial score (nSPS) is 10.2. The maximum absolute atomic E-state index is 13.8. The SMILES string of the molecule is COc1ccc(F)c(Nc2cc(Cl)ccc2C(N)=S)c1. The molecule has 104 valence electrons. The molecule has 0 amide bonds. The summed E-state index contributed by atoms with van der Waals surface area (Å²) in [5.74, 6) is 0.118. The van der Waals surface area contributed by atoms with E-state index in [-0.39, 0.29) is 10.7 Å². The number of rotatable bonds is 4. The van der Waals surface area contributed by atoms with Crippen LogP contribution >= 0.6 is 23.8 Å². The first-order valence-corrected chi connectivity index (χ1v) is 6.50. The van der Waals surface area contributed by atoms with Gasteiger partial charge in [-0.15, -0.1) is 0 Å². The summed E-state index contributed by atoms with van der Waals surface area (Å²) in [5.41, 5.74) is 7.02. The third-order valence-electron chi connectivity index (χ3n) is 2.69. The zero-order valence-electron chi connectivity index (χ0n) is 10.6. The molecule has 0 aliphatic carbocycles. The molecule has 0 atom stereocenters. The summed E-state index contributed by atoms with van der Waals surface area (Å²) in [6, 6.07) is 9.38. The van der Waals surface area contributed by atoms with Gasteiger partial charge in [0.05, 0.1) is 18.5 Å². The average Bonchev–Trinajstić information content (AvgIpc) is 2.41. The van der Waals surface area contributed by atoms with Crippen LogP contribution in [0.5, 0.6) is 5.75 Å². The first-order valence-electron chi connectivity index (χ1n) is 5.71. The standard InChI is InChI=1S/C14H12ClFN2OS/c1-19-9-3-5-11(16)13(7-9)18-12-6-8(15)2-4-10(12)14(17)20/h2-7,18H,1H3,(H2,17,20). The molecule has 0 saturated heterocycles. The van der Waals surface area contributed by atoms with Gasteiger partial charge in [0, 0.05) is 16.7 Å². The van der Waals surface area contributed by atoms with Crippen molar-refractivity contribution in [1.82, 2.24) is 0 Å². The summed E-state index contributed by atoms with van der Waals surface area (Å²) < 4.78 is 18.9. The van der Waals surface area contributed by atoms with Gasteiger partial charge in [0.1, 0.15) is 16.6 Å². The molecule has 0 aliphatic heterocycles. The van der Waals surface area contributed by atoms with Gasteiger partial charge in [-0.1, -0.05) is 23.8 Å². The second-order valence-corrected chi connectivity index (χ2v) is 4.90. The maximum Gasteiger partial charge on any atom is 0.146 e. The topological polar surface area (TPSA) is 47.3 Å². The van der Waals surface area contributed by atoms with Gasteiger partial charge in [-0.3, -0.25) is 0 Å². The van der Waals surface area contributed by atoms with Gasteiger partial charge in [-0.2, -0.15) is 0 Å². The number of thiocarbonyl (C=S) groups is 1. The van der Waals surface area contributed by atoms with Crippen LogP contribution < -0.4 is 15.8 Å². The van der Waals surface area contributed by atoms with E-state index >= 15 is 0 Å². The number of nitrogens with one attached hydrogen (secondary N) is 1. The molecule has 3 N–H and O–H groups in total. The number of hydrogen-bond donors (Lipinski definition) is 2. The average molecular weight is 311 g/mol. The first-order chi connectivity index (χ1) is 9.51. The molecule has 3 nitrogen and oxygen atoms in total. The molecule has 0 aromatic heterocycles. The fourth-order valence-electron chi connectivity index (χ4n) is 1.71. The lowest BCUT2D eigenvalue weighted by molar-refractivity contribution is 0.414. The Morgan fingerprint density at radius 2 is 2.00 bits per heavy atom. The zero-order chi connectivity index (χ0) is 14.7. The van der Waals surface area contributed by atoms with E-state index in [1.807, 2.05) is 0 Å². The number of hydrogen-bond acceptors (Lipinski definition) is 3. The molecule has 0 unspecified atom stereocenters. The fourth-order valence-corrected chi connectivity index (χ4v) is 2.06. The Hall–Kier alpha value is -1.85. The summed E-state index contributed by atoms with van der Waals surface area (Å²) in [6.07, 6.45) is 0. The summed E-state index contributed by atoms with van der Waals surface area (Å²) in [5, 5.41) is 3.43. The lowest BCUT2D eigenvalue weighted by atomic mass is 10.1. The molecule has 0 spiro atoms. The van der Waals surface area contributed by atoms with Crippen LogP contribution in [0.1, 0.15) is 5.56 Å². The highest BCUT2D eigenvalue weighted by molar-refractivity contribution is 7.80. The highest BCUT2D eigenvalue weighted by atomic mass is 35.5. The maximum atomic E-state index is 13.8. The van der Waals surface area contributed by atoms with Crippen LogP contribution in [0.4, 0.5) is 15.8 Å². The molecule has 2 aromatic carbocycles. The smallest absolute Gasteiger partial charge is 0.146 e. The van der Waals surface area contributed by atoms with Gasteiger partial charge < -0.3 is 15.8 Å². The van der Waals surface area contributed by atoms with Gasteiger partial charge in [-0.25, -0.2) is 4.39 Å². The first kappa shape index (κ1) is 14.6. The van der Waals surface area contributed by atoms with Crippen LogP contribution in [0.25, 0.3) is 0 Å². The third kappa shape index (κ3) is 3.18. The van der Waals surface area contributed by atoms with Crippen molar-refractivity contribution in [2.45, 2.75) is 0 Å². The number of nitrogens with two attached hydrogens (primary N) is 1. The van der Waals surface area contributed by atoms with E-state index in [0.29, 0.717) is 22.0 Å². The Kier molecular flexibility index (Phi) is 4.42. The van der Waals surface area contributed by atoms with Crippen LogP contribution in [0.2, 0.25) is 5.02 Å². The zero-order valence-corrected chi connectivity index (χ0v) is 12.2. The predicted octanol–water partition coefficient (Wildman–Crippen LogP) is 3.87. The molecule has 0 saturated carbocycles. The number of methoxy groups -OCH3 is 1. The minimum Gasteiger partial charge on any atom is -0.497 e. The van der Waals surface area contributed by atoms with Crippen LogP contribution in [0.3, 0.4) is 0 Å². The third-order valence-corrected chi connectivity index (χ3v) is 3.14. The van der Waals surface area contributed by atoms with Gasteiger partial charge in [0.15, 0.2) is 0 Å². The molecule has 0 bridgehead atoms. The molecular formula is C14H12ClFN2OS. The lowest BCUT2D eigenvalue weighted by Crippen LogP contribution is -2.12. The summed E-state index contributed by atoms with van der Waals surface area (Å²) in [7, 11) is 1.51. The molecule has 0 heterocycles. The van der Waals surface area contributed by atoms with Gasteiger partial charge in [0.2, 0.25) is 0 Å². The van der Waals surface area contributed by atoms with E-state index in [1.165, 1.54) is 19.2 Å². The van der Waals surface area contributed by atoms with Crippen LogP contribution in [0, 0.1) is 5.82 Å². The van der Waals surface area contributed by atoms with E-state index in [0.717, 1.165) is 0 Å². The molecule has 2 rings (SSSR count). The Labute approximate surface area is 126 Å². The number of ether oxygens (including phenoxy) is 1. The number of benzene rings is 2. The van der Waals surface area contributed by atoms with Crippen LogP contribution in [0.15, 0.2) is 36.4 Å². The Morgan fingerprint density at radius 1 is 1.25 bits per heavy atom. The van der Waals surface area contributed by atoms with Crippen LogP contribution in [-0.2, 0) is 0 Å². The van der Waals surface area contributed by atoms with E-state index < -0.39 is 5.82 Å². The van der Waals surface area contributed by atoms with E-state index in [2.05, 4.69) is 5.32 Å². The fraction of sp³-hybridized carbons (Fsp3) is 0.0714. The molecule has 0 fully saturated rings. The quantitative estimate of drug-likeness (QED) is 0.842. The van der Waals surface area contributed by atoms with Gasteiger partial charge >= 0.3 is 0 Å². The van der Waals surface area contributed by atoms with E-state index in [9.17, 15) is 4.39 Å². The van der Waals surface area contributed by atoms with Crippen LogP contribution in [-0.4, -0.2) is 12.1 Å². The molecule has 0 aliphatic rings. The van der Waals surface area contributed by atoms with Crippen molar-refractivity contribution in [3.8, 4) is 5.75 Å². The molecule has 2 aromatic rings. The predicted molar refractivity (Wildman–Crippen MR) is 83.6 cm³/mol. The minimum atomic E-state index is -0.417. The van der Waals surface area contributed by atoms with Gasteiger partial charge in [0.25, 0.3) is 0 Å². The molecular weight excluding hydrogens is 299 g/mol. The molecule has 0 radical (unpaired) electrons. The molecule has 6 heteroatoms. The van der Waals surface area contributed by atoms with Crippen molar-refractivity contribution in [1.29, 1.82) is 0 Å². The Morgan fingerprint density at radius 3 is 2.65 bits per heavy atom. The summed E-state index contributed by atoms with van der Waals surface area (Å²) >= 11 is 10.9. The number of halogens is 2. The Balaban J connectivity index is 2.43. The van der Waals surface area contributed by atoms with Crippen molar-refractivity contribution in [2.24, 2.45) is 5.73 Å². The van der Waals surface area contributed by atoms with Crippen molar-refractivity contribution in [3.05, 3.63) is 52.8 Å². The largest absolute Gasteiger partial charge is 0.497 e. The second-order valence-electron chi connectivity index (χ2n) is 4.02. The van der Waals surface area contributed by atoms with Crippen molar-refractivity contribution in [2.75, 3.05) is 12.4 Å². The minimum absolute atomic E-state index is 0.201. The lowest BCUT2D eigenvalue weighted by Gasteiger charge is -2.13. The van der Waals surface area contributed by atoms with E-state index in [4.69, 9.17) is 34.3 Å². The van der Waals surface area contributed by atoms with Crippen molar-refractivity contribution >= 4 is 40.2 Å². The monoisotopic (exact) mass is 310 g/mol. The second kappa shape index (κ2) is 6.07. The van der Waals surface area contributed by atoms with E-state index in [1.54, 1.807) is 24.3 Å². The highest BCUT2D eigenvalue weighted by Gasteiger charge is 2.10. The van der Waals surface area contributed by atoms with Gasteiger partial charge in [-0.05, 0) is 30.3 Å². The molecule has 20 heavy (non-hydrogen) atoms. The van der Waals surface area contributed by atoms with Crippen molar-refractivity contribution in [3.63, 3.8) is 0 Å². The summed E-state index contributed by atoms with van der Waals surface area (Å²) in [6.45, 7) is 0. The Bertz CT molecular complexity index is 664. The summed E-state index contributed by atoms with van der Waals surface area (Å²) in [4.78, 5) is 0.201. The highest BCUT2D eigenvalue weighted by Crippen LogP contribution is 2.28.